The molecule has 0 aliphatic carbocycles. The van der Waals surface area contributed by atoms with E-state index in [1.165, 1.54) is 12.1 Å². The Morgan fingerprint density at radius 1 is 1.00 bits per heavy atom. The summed E-state index contributed by atoms with van der Waals surface area (Å²) in [6.07, 6.45) is 0. The molecule has 2 heteroatoms. The maximum atomic E-state index is 12.5. The number of hydrogen-bond acceptors (Lipinski definition) is 0. The van der Waals surface area contributed by atoms with E-state index in [-0.39, 0.29) is 5.82 Å². The van der Waals surface area contributed by atoms with Gasteiger partial charge in [0, 0.05) is 12.1 Å². The molecule has 0 atom stereocenters. The molecule has 1 aromatic rings. The molecular formula is C9H13FN+. The van der Waals surface area contributed by atoms with Crippen LogP contribution >= 0.6 is 0 Å². The van der Waals surface area contributed by atoms with Gasteiger partial charge in [-0.2, -0.15) is 0 Å². The monoisotopic (exact) mass is 153 g/mol. The Hall–Kier alpha value is -0.890. The molecule has 0 bridgehead atoms. The lowest BCUT2D eigenvalue weighted by molar-refractivity contribution is 0.485. The summed E-state index contributed by atoms with van der Waals surface area (Å²) < 4.78 is 13.2. The molecule has 0 N–H and O–H groups in total. The van der Waals surface area contributed by atoms with Crippen LogP contribution in [0.1, 0.15) is 0 Å². The largest absolute Gasteiger partial charge is 0.298 e. The molecule has 0 aromatic heterocycles. The van der Waals surface area contributed by atoms with Gasteiger partial charge >= 0.3 is 0 Å². The van der Waals surface area contributed by atoms with Crippen LogP contribution in [0.15, 0.2) is 24.3 Å². The maximum absolute atomic E-state index is 12.5. The molecule has 0 radical (unpaired) electrons. The number of halogens is 1. The predicted octanol–water partition coefficient (Wildman–Crippen LogP) is 2.02. The van der Waals surface area contributed by atoms with Gasteiger partial charge in [-0.25, -0.2) is 4.39 Å². The number of quaternary nitrogens is 1. The van der Waals surface area contributed by atoms with Crippen LogP contribution in [0.25, 0.3) is 0 Å². The zero-order valence-electron chi connectivity index (χ0n) is 7.13. The minimum Gasteiger partial charge on any atom is -0.298 e. The Bertz CT molecular complexity index is 233. The second-order valence-corrected chi connectivity index (χ2v) is 3.49. The summed E-state index contributed by atoms with van der Waals surface area (Å²) in [6, 6.07) is 6.57. The number of hydrogen-bond donors (Lipinski definition) is 0. The summed E-state index contributed by atoms with van der Waals surface area (Å²) >= 11 is 0. The van der Waals surface area contributed by atoms with E-state index in [0.29, 0.717) is 0 Å². The molecule has 1 aromatic carbocycles. The predicted molar refractivity (Wildman–Crippen MR) is 46.0 cm³/mol. The van der Waals surface area contributed by atoms with Gasteiger partial charge in [0.25, 0.3) is 0 Å². The fraction of sp³-hybridized carbons (Fsp3) is 0.333. The molecular weight excluding hydrogens is 140 g/mol. The zero-order chi connectivity index (χ0) is 8.48. The van der Waals surface area contributed by atoms with Crippen molar-refractivity contribution in [2.24, 2.45) is 0 Å². The lowest BCUT2D eigenvalue weighted by Gasteiger charge is -2.22. The summed E-state index contributed by atoms with van der Waals surface area (Å²) in [4.78, 5) is 0. The third kappa shape index (κ3) is 2.02. The fourth-order valence-corrected chi connectivity index (χ4v) is 0.888. The number of benzene rings is 1. The highest BCUT2D eigenvalue weighted by Gasteiger charge is 2.10. The minimum atomic E-state index is -0.179. The molecule has 60 valence electrons. The van der Waals surface area contributed by atoms with Crippen LogP contribution < -0.4 is 4.48 Å². The van der Waals surface area contributed by atoms with E-state index in [1.807, 2.05) is 21.1 Å². The summed E-state index contributed by atoms with van der Waals surface area (Å²) in [5.74, 6) is -0.179. The molecule has 0 aliphatic rings. The Balaban J connectivity index is 2.99. The van der Waals surface area contributed by atoms with Gasteiger partial charge in [-0.3, -0.25) is 4.48 Å². The van der Waals surface area contributed by atoms with E-state index in [2.05, 4.69) is 0 Å². The van der Waals surface area contributed by atoms with Crippen molar-refractivity contribution in [2.75, 3.05) is 21.1 Å². The lowest BCUT2D eigenvalue weighted by atomic mass is 10.3. The molecule has 0 heterocycles. The third-order valence-electron chi connectivity index (χ3n) is 1.60. The van der Waals surface area contributed by atoms with Crippen LogP contribution in [0.5, 0.6) is 0 Å². The van der Waals surface area contributed by atoms with Crippen molar-refractivity contribution < 1.29 is 4.39 Å². The van der Waals surface area contributed by atoms with Gasteiger partial charge in [0.05, 0.1) is 21.1 Å². The Morgan fingerprint density at radius 3 is 1.82 bits per heavy atom. The van der Waals surface area contributed by atoms with Crippen LogP contribution in [-0.4, -0.2) is 21.1 Å². The highest BCUT2D eigenvalue weighted by Crippen LogP contribution is 2.15. The van der Waals surface area contributed by atoms with Crippen molar-refractivity contribution in [2.45, 2.75) is 0 Å². The average molecular weight is 153 g/mol. The smallest absolute Gasteiger partial charge is 0.132 e. The summed E-state index contributed by atoms with van der Waals surface area (Å²) in [5, 5.41) is 0. The number of rotatable bonds is 1. The highest BCUT2D eigenvalue weighted by molar-refractivity contribution is 5.40. The second-order valence-electron chi connectivity index (χ2n) is 3.49. The first kappa shape index (κ1) is 8.21. The van der Waals surface area contributed by atoms with Crippen LogP contribution in [0.2, 0.25) is 0 Å². The molecule has 1 nitrogen and oxygen atoms in total. The summed E-state index contributed by atoms with van der Waals surface area (Å²) in [7, 11) is 6.15. The van der Waals surface area contributed by atoms with Gasteiger partial charge in [-0.1, -0.05) is 0 Å². The molecule has 0 aliphatic heterocycles. The molecule has 0 saturated heterocycles. The Morgan fingerprint density at radius 2 is 1.45 bits per heavy atom. The van der Waals surface area contributed by atoms with E-state index < -0.39 is 0 Å². The zero-order valence-corrected chi connectivity index (χ0v) is 7.13. The van der Waals surface area contributed by atoms with Crippen LogP contribution in [0, 0.1) is 5.82 Å². The van der Waals surface area contributed by atoms with E-state index in [4.69, 9.17) is 0 Å². The topological polar surface area (TPSA) is 0 Å². The summed E-state index contributed by atoms with van der Waals surface area (Å²) in [5.41, 5.74) is 1.10. The first-order valence-electron chi connectivity index (χ1n) is 3.58. The normalized spacial score (nSPS) is 11.6. The van der Waals surface area contributed by atoms with Crippen LogP contribution in [0.4, 0.5) is 10.1 Å². The van der Waals surface area contributed by atoms with Gasteiger partial charge in [0.15, 0.2) is 0 Å². The first-order chi connectivity index (χ1) is 5.00. The first-order valence-corrected chi connectivity index (χ1v) is 3.58. The van der Waals surface area contributed by atoms with Crippen molar-refractivity contribution in [3.8, 4) is 0 Å². The SMILES string of the molecule is C[N+](C)(C)c1ccc([18F])cc1. The fourth-order valence-electron chi connectivity index (χ4n) is 0.888. The Kier molecular flexibility index (Phi) is 1.96. The number of nitrogens with zero attached hydrogens (tertiary/aromatic N) is 1. The van der Waals surface area contributed by atoms with E-state index in [0.717, 1.165) is 10.2 Å². The van der Waals surface area contributed by atoms with Crippen molar-refractivity contribution in [1.29, 1.82) is 0 Å². The average Bonchev–Trinajstić information content (AvgIpc) is 1.86. The van der Waals surface area contributed by atoms with Crippen LogP contribution in [-0.2, 0) is 0 Å². The molecule has 0 unspecified atom stereocenters. The van der Waals surface area contributed by atoms with Crippen molar-refractivity contribution >= 4 is 5.69 Å². The van der Waals surface area contributed by atoms with Gasteiger partial charge < -0.3 is 0 Å². The van der Waals surface area contributed by atoms with E-state index in [1.54, 1.807) is 12.1 Å². The van der Waals surface area contributed by atoms with Crippen molar-refractivity contribution in [3.63, 3.8) is 0 Å². The van der Waals surface area contributed by atoms with E-state index >= 15 is 0 Å². The van der Waals surface area contributed by atoms with E-state index in [9.17, 15) is 4.39 Å². The molecule has 0 spiro atoms. The van der Waals surface area contributed by atoms with Gasteiger partial charge in [0.1, 0.15) is 11.5 Å². The molecule has 0 fully saturated rings. The standard InChI is InChI=1S/C9H13FN/c1-11(2,3)9-6-4-8(10)5-7-9/h4-7H,1-3H3/q+1/i10-1. The Labute approximate surface area is 66.7 Å². The molecule has 0 saturated carbocycles. The third-order valence-corrected chi connectivity index (χ3v) is 1.60. The molecule has 0 amide bonds. The summed E-state index contributed by atoms with van der Waals surface area (Å²) in [6.45, 7) is 0. The maximum Gasteiger partial charge on any atom is 0.132 e. The van der Waals surface area contributed by atoms with Gasteiger partial charge in [-0.05, 0) is 12.1 Å². The highest BCUT2D eigenvalue weighted by atomic mass is 18.2. The van der Waals surface area contributed by atoms with Crippen molar-refractivity contribution in [1.82, 2.24) is 4.48 Å². The molecule has 11 heavy (non-hydrogen) atoms. The minimum absolute atomic E-state index is 0.179. The quantitative estimate of drug-likeness (QED) is 0.541. The van der Waals surface area contributed by atoms with Gasteiger partial charge in [-0.15, -0.1) is 0 Å². The van der Waals surface area contributed by atoms with Gasteiger partial charge in [0.2, 0.25) is 0 Å². The second kappa shape index (κ2) is 2.62. The van der Waals surface area contributed by atoms with Crippen molar-refractivity contribution in [3.05, 3.63) is 30.1 Å². The van der Waals surface area contributed by atoms with Crippen LogP contribution in [0.3, 0.4) is 0 Å². The lowest BCUT2D eigenvalue weighted by Crippen LogP contribution is -2.34. The molecule has 1 rings (SSSR count).